The summed E-state index contributed by atoms with van der Waals surface area (Å²) in [6.07, 6.45) is 5.31. The maximum atomic E-state index is 9.12. The average molecular weight is 437 g/mol. The van der Waals surface area contributed by atoms with Gasteiger partial charge in [0.15, 0.2) is 0 Å². The van der Waals surface area contributed by atoms with E-state index in [1.807, 2.05) is 41.1 Å². The van der Waals surface area contributed by atoms with Crippen molar-refractivity contribution in [3.05, 3.63) is 55.0 Å². The second kappa shape index (κ2) is 9.86. The number of ether oxygens (including phenoxy) is 2. The lowest BCUT2D eigenvalue weighted by Gasteiger charge is -2.10. The van der Waals surface area contributed by atoms with E-state index < -0.39 is 0 Å². The number of aliphatic hydroxyl groups is 1. The molecule has 0 saturated carbocycles. The van der Waals surface area contributed by atoms with Crippen LogP contribution in [-0.2, 0) is 18.0 Å². The van der Waals surface area contributed by atoms with Gasteiger partial charge in [0.05, 0.1) is 30.6 Å². The topological polar surface area (TPSA) is 87.2 Å². The summed E-state index contributed by atoms with van der Waals surface area (Å²) < 4.78 is 15.3. The summed E-state index contributed by atoms with van der Waals surface area (Å²) in [6, 6.07) is 12.6. The quantitative estimate of drug-likeness (QED) is 0.300. The molecule has 0 aliphatic rings. The summed E-state index contributed by atoms with van der Waals surface area (Å²) in [5.41, 5.74) is 2.86. The van der Waals surface area contributed by atoms with Crippen LogP contribution in [0.15, 0.2) is 55.0 Å². The van der Waals surface area contributed by atoms with Gasteiger partial charge in [-0.3, -0.25) is 4.68 Å². The second-order valence-corrected chi connectivity index (χ2v) is 10.4. The van der Waals surface area contributed by atoms with Crippen LogP contribution in [-0.4, -0.2) is 51.7 Å². The van der Waals surface area contributed by atoms with E-state index in [9.17, 15) is 0 Å². The van der Waals surface area contributed by atoms with Gasteiger partial charge in [-0.05, 0) is 36.4 Å². The fraction of sp³-hybridized carbons (Fsp3) is 0.318. The average Bonchev–Trinajstić information content (AvgIpc) is 3.39. The molecule has 0 atom stereocenters. The van der Waals surface area contributed by atoms with Gasteiger partial charge in [-0.1, -0.05) is 13.1 Å². The first-order valence-corrected chi connectivity index (χ1v) is 12.9. The van der Waals surface area contributed by atoms with Crippen molar-refractivity contribution in [1.82, 2.24) is 24.5 Å². The number of benzene rings is 1. The third kappa shape index (κ3) is 5.19. The van der Waals surface area contributed by atoms with E-state index in [1.165, 1.54) is 0 Å². The van der Waals surface area contributed by atoms with Crippen molar-refractivity contribution in [2.45, 2.75) is 32.4 Å². The molecule has 3 heterocycles. The zero-order chi connectivity index (χ0) is 21.6. The fourth-order valence-electron chi connectivity index (χ4n) is 3.22. The van der Waals surface area contributed by atoms with Gasteiger partial charge in [0.1, 0.15) is 12.5 Å². The highest BCUT2D eigenvalue weighted by atomic mass is 28.3. The molecular weight excluding hydrogens is 410 g/mol. The molecule has 1 aromatic carbocycles. The van der Waals surface area contributed by atoms with Crippen LogP contribution in [0.5, 0.6) is 11.6 Å². The van der Waals surface area contributed by atoms with E-state index >= 15 is 0 Å². The molecule has 0 unspecified atom stereocenters. The highest BCUT2D eigenvalue weighted by Crippen LogP contribution is 2.26. The minimum Gasteiger partial charge on any atom is -0.439 e. The van der Waals surface area contributed by atoms with Crippen molar-refractivity contribution >= 4 is 19.7 Å². The Morgan fingerprint density at radius 3 is 2.71 bits per heavy atom. The number of aliphatic hydroxyl groups excluding tert-OH is 1. The molecule has 1 radical (unpaired) electrons. The first-order chi connectivity index (χ1) is 15.1. The van der Waals surface area contributed by atoms with Crippen molar-refractivity contribution in [1.29, 1.82) is 0 Å². The lowest BCUT2D eigenvalue weighted by atomic mass is 10.2. The van der Waals surface area contributed by atoms with Crippen LogP contribution in [0.25, 0.3) is 22.2 Å². The molecule has 0 aliphatic heterocycles. The summed E-state index contributed by atoms with van der Waals surface area (Å²) >= 11 is 0. The van der Waals surface area contributed by atoms with Crippen LogP contribution in [0, 0.1) is 0 Å². The number of fused-ring (bicyclic) bond motifs is 1. The first-order valence-electron chi connectivity index (χ1n) is 10.2. The molecule has 0 fully saturated rings. The Bertz CT molecular complexity index is 1120. The Labute approximate surface area is 182 Å². The van der Waals surface area contributed by atoms with Crippen molar-refractivity contribution in [3.8, 4) is 22.9 Å². The standard InChI is InChI=1S/C22H26N5O3Si/c1-31(2)12-11-29-16-27-21(7-8-24-27)17-3-6-22(23-14-17)30-19-4-5-20-18(13-19)15-25-26(20)9-10-28/h3-8,13-15,28H,9-12,16H2,1-2H3. The minimum absolute atomic E-state index is 0.0510. The highest BCUT2D eigenvalue weighted by molar-refractivity contribution is 6.55. The van der Waals surface area contributed by atoms with Gasteiger partial charge < -0.3 is 14.6 Å². The van der Waals surface area contributed by atoms with Crippen LogP contribution in [0.3, 0.4) is 0 Å². The molecule has 0 bridgehead atoms. The summed E-state index contributed by atoms with van der Waals surface area (Å²) in [5.74, 6) is 1.19. The lowest BCUT2D eigenvalue weighted by Crippen LogP contribution is -2.10. The molecule has 4 rings (SSSR count). The number of hydrogen-bond donors (Lipinski definition) is 1. The van der Waals surface area contributed by atoms with Gasteiger partial charge in [-0.25, -0.2) is 9.67 Å². The lowest BCUT2D eigenvalue weighted by molar-refractivity contribution is 0.0801. The molecule has 31 heavy (non-hydrogen) atoms. The predicted octanol–water partition coefficient (Wildman–Crippen LogP) is 3.81. The molecule has 3 aromatic heterocycles. The van der Waals surface area contributed by atoms with E-state index in [0.717, 1.165) is 34.8 Å². The molecule has 9 heteroatoms. The summed E-state index contributed by atoms with van der Waals surface area (Å²) in [6.45, 7) is 6.27. The van der Waals surface area contributed by atoms with E-state index in [-0.39, 0.29) is 15.4 Å². The van der Waals surface area contributed by atoms with Crippen molar-refractivity contribution in [3.63, 3.8) is 0 Å². The summed E-state index contributed by atoms with van der Waals surface area (Å²) in [7, 11) is -0.274. The fourth-order valence-corrected chi connectivity index (χ4v) is 3.78. The van der Waals surface area contributed by atoms with Crippen LogP contribution >= 0.6 is 0 Å². The second-order valence-electron chi connectivity index (χ2n) is 7.51. The van der Waals surface area contributed by atoms with Crippen molar-refractivity contribution in [2.24, 2.45) is 0 Å². The molecule has 1 N–H and O–H groups in total. The zero-order valence-corrected chi connectivity index (χ0v) is 18.7. The van der Waals surface area contributed by atoms with Crippen molar-refractivity contribution in [2.75, 3.05) is 13.2 Å². The third-order valence-electron chi connectivity index (χ3n) is 4.86. The largest absolute Gasteiger partial charge is 0.439 e. The van der Waals surface area contributed by atoms with Gasteiger partial charge in [0.2, 0.25) is 5.88 Å². The van der Waals surface area contributed by atoms with Crippen LogP contribution < -0.4 is 4.74 Å². The van der Waals surface area contributed by atoms with Crippen LogP contribution in [0.1, 0.15) is 0 Å². The molecular formula is C22H26N5O3Si. The van der Waals surface area contributed by atoms with E-state index in [2.05, 4.69) is 28.3 Å². The Balaban J connectivity index is 1.42. The van der Waals surface area contributed by atoms with Gasteiger partial charge in [-0.2, -0.15) is 10.2 Å². The molecule has 4 aromatic rings. The zero-order valence-electron chi connectivity index (χ0n) is 17.7. The number of aromatic nitrogens is 5. The number of pyridine rings is 1. The van der Waals surface area contributed by atoms with Gasteiger partial charge >= 0.3 is 0 Å². The minimum atomic E-state index is -0.274. The SMILES string of the molecule is C[Si](C)CCOCn1nccc1-c1ccc(Oc2ccc3c(cnn3CCO)c2)nc1. The monoisotopic (exact) mass is 436 g/mol. The molecule has 161 valence electrons. The Kier molecular flexibility index (Phi) is 6.75. The molecule has 0 spiro atoms. The van der Waals surface area contributed by atoms with Gasteiger partial charge in [0, 0.05) is 44.8 Å². The summed E-state index contributed by atoms with van der Waals surface area (Å²) in [4.78, 5) is 4.45. The Morgan fingerprint density at radius 1 is 1.03 bits per heavy atom. The normalized spacial score (nSPS) is 11.5. The van der Waals surface area contributed by atoms with Gasteiger partial charge in [0.25, 0.3) is 0 Å². The third-order valence-corrected chi connectivity index (χ3v) is 6.06. The smallest absolute Gasteiger partial charge is 0.219 e. The van der Waals surface area contributed by atoms with Crippen molar-refractivity contribution < 1.29 is 14.6 Å². The predicted molar refractivity (Wildman–Crippen MR) is 121 cm³/mol. The highest BCUT2D eigenvalue weighted by Gasteiger charge is 2.09. The molecule has 8 nitrogen and oxygen atoms in total. The Hall–Kier alpha value is -3.01. The first kappa shape index (κ1) is 21.2. The van der Waals surface area contributed by atoms with E-state index in [1.54, 1.807) is 23.3 Å². The molecule has 0 saturated heterocycles. The molecule has 0 aliphatic carbocycles. The van der Waals surface area contributed by atoms with E-state index in [4.69, 9.17) is 14.6 Å². The van der Waals surface area contributed by atoms with Crippen LogP contribution in [0.4, 0.5) is 0 Å². The van der Waals surface area contributed by atoms with Crippen LogP contribution in [0.2, 0.25) is 19.1 Å². The maximum Gasteiger partial charge on any atom is 0.219 e. The van der Waals surface area contributed by atoms with Gasteiger partial charge in [-0.15, -0.1) is 0 Å². The number of nitrogens with zero attached hydrogens (tertiary/aromatic N) is 5. The molecule has 0 amide bonds. The number of rotatable bonds is 10. The Morgan fingerprint density at radius 2 is 1.94 bits per heavy atom. The van der Waals surface area contributed by atoms with E-state index in [0.29, 0.717) is 24.9 Å². The maximum absolute atomic E-state index is 9.12. The summed E-state index contributed by atoms with van der Waals surface area (Å²) in [5, 5.41) is 18.7. The number of hydrogen-bond acceptors (Lipinski definition) is 6.